The van der Waals surface area contributed by atoms with Gasteiger partial charge in [0.05, 0.1) is 17.5 Å². The SMILES string of the molecule is O=C(CSc1nc(C2CC2)n(-c2ccccc2)n1)NC(c1ccccc1)c1cccs1. The highest BCUT2D eigenvalue weighted by Gasteiger charge is 2.30. The normalized spacial score (nSPS) is 14.3. The minimum Gasteiger partial charge on any atom is -0.344 e. The van der Waals surface area contributed by atoms with Crippen LogP contribution in [0.1, 0.15) is 41.1 Å². The van der Waals surface area contributed by atoms with Crippen molar-refractivity contribution in [3.8, 4) is 5.69 Å². The summed E-state index contributed by atoms with van der Waals surface area (Å²) in [6, 6.07) is 24.1. The van der Waals surface area contributed by atoms with Gasteiger partial charge in [-0.25, -0.2) is 9.67 Å². The molecule has 5 rings (SSSR count). The second-order valence-corrected chi connectivity index (χ2v) is 9.41. The van der Waals surface area contributed by atoms with E-state index < -0.39 is 0 Å². The smallest absolute Gasteiger partial charge is 0.231 e. The maximum Gasteiger partial charge on any atom is 0.231 e. The summed E-state index contributed by atoms with van der Waals surface area (Å²) in [5.74, 6) is 1.71. The van der Waals surface area contributed by atoms with Crippen LogP contribution in [0.2, 0.25) is 0 Å². The number of hydrogen-bond acceptors (Lipinski definition) is 5. The Labute approximate surface area is 189 Å². The Morgan fingerprint density at radius 2 is 1.81 bits per heavy atom. The van der Waals surface area contributed by atoms with E-state index in [0.717, 1.165) is 34.8 Å². The molecule has 0 bridgehead atoms. The maximum absolute atomic E-state index is 12.8. The number of thiophene rings is 1. The van der Waals surface area contributed by atoms with E-state index in [1.54, 1.807) is 11.3 Å². The second kappa shape index (κ2) is 9.08. The molecular formula is C24H22N4OS2. The molecule has 1 amide bonds. The first kappa shape index (κ1) is 20.0. The number of rotatable bonds is 8. The zero-order chi connectivity index (χ0) is 21.0. The molecule has 1 saturated carbocycles. The van der Waals surface area contributed by atoms with E-state index in [4.69, 9.17) is 10.1 Å². The molecule has 2 aromatic heterocycles. The van der Waals surface area contributed by atoms with Crippen LogP contribution in [0.25, 0.3) is 5.69 Å². The third kappa shape index (κ3) is 4.73. The number of hydrogen-bond donors (Lipinski definition) is 1. The number of carbonyl (C=O) groups excluding carboxylic acids is 1. The van der Waals surface area contributed by atoms with Gasteiger partial charge >= 0.3 is 0 Å². The molecule has 1 atom stereocenters. The van der Waals surface area contributed by atoms with Gasteiger partial charge in [-0.1, -0.05) is 66.4 Å². The van der Waals surface area contributed by atoms with Gasteiger partial charge in [-0.05, 0) is 42.0 Å². The highest BCUT2D eigenvalue weighted by Crippen LogP contribution is 2.40. The van der Waals surface area contributed by atoms with Gasteiger partial charge < -0.3 is 5.32 Å². The Balaban J connectivity index is 1.29. The minimum absolute atomic E-state index is 0.0312. The molecule has 0 aliphatic heterocycles. The quantitative estimate of drug-likeness (QED) is 0.378. The molecule has 0 saturated heterocycles. The van der Waals surface area contributed by atoms with Gasteiger partial charge in [0, 0.05) is 10.8 Å². The van der Waals surface area contributed by atoms with Crippen LogP contribution in [0.3, 0.4) is 0 Å². The van der Waals surface area contributed by atoms with Gasteiger partial charge in [0.2, 0.25) is 11.1 Å². The second-order valence-electron chi connectivity index (χ2n) is 7.49. The summed E-state index contributed by atoms with van der Waals surface area (Å²) >= 11 is 3.03. The average molecular weight is 447 g/mol. The Kier molecular flexibility index (Phi) is 5.86. The van der Waals surface area contributed by atoms with Gasteiger partial charge in [-0.2, -0.15) is 0 Å². The number of aromatic nitrogens is 3. The molecule has 0 spiro atoms. The summed E-state index contributed by atoms with van der Waals surface area (Å²) in [6.07, 6.45) is 2.30. The molecule has 1 aliphatic carbocycles. The van der Waals surface area contributed by atoms with E-state index in [2.05, 4.69) is 11.4 Å². The molecule has 1 fully saturated rings. The fraction of sp³-hybridized carbons (Fsp3) is 0.208. The number of nitrogens with zero attached hydrogens (tertiary/aromatic N) is 3. The van der Waals surface area contributed by atoms with Crippen LogP contribution in [0.4, 0.5) is 0 Å². The van der Waals surface area contributed by atoms with Crippen LogP contribution < -0.4 is 5.32 Å². The average Bonchev–Trinajstić information content (AvgIpc) is 3.34. The first-order valence-corrected chi connectivity index (χ1v) is 12.2. The lowest BCUT2D eigenvalue weighted by Crippen LogP contribution is -2.30. The monoisotopic (exact) mass is 446 g/mol. The van der Waals surface area contributed by atoms with Gasteiger partial charge in [0.15, 0.2) is 0 Å². The third-order valence-electron chi connectivity index (χ3n) is 5.15. The third-order valence-corrected chi connectivity index (χ3v) is 6.93. The van der Waals surface area contributed by atoms with Gasteiger partial charge in [-0.3, -0.25) is 4.79 Å². The van der Waals surface area contributed by atoms with Crippen molar-refractivity contribution in [3.05, 3.63) is 94.4 Å². The van der Waals surface area contributed by atoms with Crippen molar-refractivity contribution in [1.82, 2.24) is 20.1 Å². The topological polar surface area (TPSA) is 59.8 Å². The van der Waals surface area contributed by atoms with Crippen LogP contribution in [0.5, 0.6) is 0 Å². The van der Waals surface area contributed by atoms with E-state index in [0.29, 0.717) is 11.1 Å². The van der Waals surface area contributed by atoms with Crippen LogP contribution in [-0.2, 0) is 4.79 Å². The van der Waals surface area contributed by atoms with E-state index in [9.17, 15) is 4.79 Å². The zero-order valence-electron chi connectivity index (χ0n) is 16.8. The molecule has 1 N–H and O–H groups in total. The highest BCUT2D eigenvalue weighted by atomic mass is 32.2. The van der Waals surface area contributed by atoms with E-state index in [1.165, 1.54) is 11.8 Å². The number of carbonyl (C=O) groups is 1. The highest BCUT2D eigenvalue weighted by molar-refractivity contribution is 7.99. The molecular weight excluding hydrogens is 424 g/mol. The summed E-state index contributed by atoms with van der Waals surface area (Å²) in [6.45, 7) is 0. The summed E-state index contributed by atoms with van der Waals surface area (Å²) in [5, 5.41) is 10.6. The van der Waals surface area contributed by atoms with Crippen molar-refractivity contribution in [1.29, 1.82) is 0 Å². The Morgan fingerprint density at radius 1 is 1.06 bits per heavy atom. The van der Waals surface area contributed by atoms with Crippen LogP contribution >= 0.6 is 23.1 Å². The van der Waals surface area contributed by atoms with Crippen molar-refractivity contribution in [2.75, 3.05) is 5.75 Å². The molecule has 7 heteroatoms. The molecule has 31 heavy (non-hydrogen) atoms. The molecule has 1 aliphatic rings. The number of nitrogens with one attached hydrogen (secondary N) is 1. The van der Waals surface area contributed by atoms with Crippen molar-refractivity contribution in [3.63, 3.8) is 0 Å². The van der Waals surface area contributed by atoms with Gasteiger partial charge in [-0.15, -0.1) is 16.4 Å². The van der Waals surface area contributed by atoms with Crippen molar-refractivity contribution < 1.29 is 4.79 Å². The van der Waals surface area contributed by atoms with E-state index in [-0.39, 0.29) is 17.7 Å². The van der Waals surface area contributed by atoms with Crippen LogP contribution in [-0.4, -0.2) is 26.4 Å². The Hall–Kier alpha value is -2.90. The largest absolute Gasteiger partial charge is 0.344 e. The first-order valence-electron chi connectivity index (χ1n) is 10.3. The maximum atomic E-state index is 12.8. The fourth-order valence-electron chi connectivity index (χ4n) is 3.48. The predicted molar refractivity (Wildman–Crippen MR) is 125 cm³/mol. The lowest BCUT2D eigenvalue weighted by atomic mass is 10.1. The molecule has 156 valence electrons. The summed E-state index contributed by atoms with van der Waals surface area (Å²) < 4.78 is 1.93. The minimum atomic E-state index is -0.147. The molecule has 2 heterocycles. The summed E-state index contributed by atoms with van der Waals surface area (Å²) in [5.41, 5.74) is 2.08. The molecule has 4 aromatic rings. The van der Waals surface area contributed by atoms with Crippen molar-refractivity contribution in [2.24, 2.45) is 0 Å². The fourth-order valence-corrected chi connectivity index (χ4v) is 4.93. The van der Waals surface area contributed by atoms with Crippen molar-refractivity contribution in [2.45, 2.75) is 30.0 Å². The van der Waals surface area contributed by atoms with E-state index in [1.807, 2.05) is 76.8 Å². The predicted octanol–water partition coefficient (Wildman–Crippen LogP) is 5.20. The lowest BCUT2D eigenvalue weighted by molar-refractivity contribution is -0.119. The standard InChI is InChI=1S/C24H22N4OS2/c29-21(25-22(20-12-7-15-30-20)17-8-3-1-4-9-17)16-31-24-26-23(18-13-14-18)28(27-24)19-10-5-2-6-11-19/h1-12,15,18,22H,13-14,16H2,(H,25,29). The van der Waals surface area contributed by atoms with Crippen LogP contribution in [0.15, 0.2) is 83.3 Å². The van der Waals surface area contributed by atoms with Gasteiger partial charge in [0.1, 0.15) is 5.82 Å². The Bertz CT molecular complexity index is 1140. The number of amides is 1. The summed E-state index contributed by atoms with van der Waals surface area (Å²) in [7, 11) is 0. The number of benzene rings is 2. The molecule has 2 aromatic carbocycles. The van der Waals surface area contributed by atoms with Gasteiger partial charge in [0.25, 0.3) is 0 Å². The number of para-hydroxylation sites is 1. The Morgan fingerprint density at radius 3 is 2.48 bits per heavy atom. The molecule has 0 radical (unpaired) electrons. The molecule has 5 nitrogen and oxygen atoms in total. The first-order chi connectivity index (χ1) is 15.3. The lowest BCUT2D eigenvalue weighted by Gasteiger charge is -2.17. The molecule has 1 unspecified atom stereocenters. The summed E-state index contributed by atoms with van der Waals surface area (Å²) in [4.78, 5) is 18.7. The van der Waals surface area contributed by atoms with E-state index >= 15 is 0 Å². The number of thioether (sulfide) groups is 1. The van der Waals surface area contributed by atoms with Crippen LogP contribution in [0, 0.1) is 0 Å². The zero-order valence-corrected chi connectivity index (χ0v) is 18.5. The van der Waals surface area contributed by atoms with Crippen molar-refractivity contribution >= 4 is 29.0 Å².